The molecule has 0 aliphatic carbocycles. The number of benzene rings is 1. The third-order valence-corrected chi connectivity index (χ3v) is 2.14. The summed E-state index contributed by atoms with van der Waals surface area (Å²) in [5, 5.41) is 1.03. The van der Waals surface area contributed by atoms with Gasteiger partial charge in [0.1, 0.15) is 6.61 Å². The van der Waals surface area contributed by atoms with Gasteiger partial charge in [0.2, 0.25) is 0 Å². The van der Waals surface area contributed by atoms with Crippen LogP contribution in [0.2, 0.25) is 10.0 Å². The summed E-state index contributed by atoms with van der Waals surface area (Å²) in [4.78, 5) is 0. The molecule has 0 spiro atoms. The van der Waals surface area contributed by atoms with Crippen LogP contribution in [0.1, 0.15) is 0 Å². The predicted octanol–water partition coefficient (Wildman–Crippen LogP) is 2.89. The van der Waals surface area contributed by atoms with Crippen LogP contribution < -0.4 is 10.5 Å². The molecule has 2 nitrogen and oxygen atoms in total. The third kappa shape index (κ3) is 3.22. The third-order valence-electron chi connectivity index (χ3n) is 1.55. The standard InChI is InChI=1S/C10H11Cl2NO/c11-8-4-3-5-9(12)10(8)14-7-2-1-6-13/h1-5H,6-7,13H2. The highest BCUT2D eigenvalue weighted by atomic mass is 35.5. The van der Waals surface area contributed by atoms with E-state index in [4.69, 9.17) is 33.7 Å². The first-order valence-corrected chi connectivity index (χ1v) is 4.93. The molecule has 0 amide bonds. The Morgan fingerprint density at radius 3 is 2.43 bits per heavy atom. The molecule has 0 unspecified atom stereocenters. The van der Waals surface area contributed by atoms with Crippen LogP contribution in [-0.4, -0.2) is 13.2 Å². The largest absolute Gasteiger partial charge is 0.486 e. The van der Waals surface area contributed by atoms with Crippen LogP contribution in [0.4, 0.5) is 0 Å². The highest BCUT2D eigenvalue weighted by Gasteiger charge is 2.04. The molecule has 2 N–H and O–H groups in total. The van der Waals surface area contributed by atoms with E-state index in [-0.39, 0.29) is 0 Å². The van der Waals surface area contributed by atoms with Gasteiger partial charge >= 0.3 is 0 Å². The van der Waals surface area contributed by atoms with Crippen LogP contribution in [0.25, 0.3) is 0 Å². The number of rotatable bonds is 4. The summed E-state index contributed by atoms with van der Waals surface area (Å²) in [6.45, 7) is 0.917. The number of hydrogen-bond donors (Lipinski definition) is 1. The van der Waals surface area contributed by atoms with Crippen molar-refractivity contribution >= 4 is 23.2 Å². The minimum atomic E-state index is 0.417. The van der Waals surface area contributed by atoms with Crippen LogP contribution in [-0.2, 0) is 0 Å². The summed E-state index contributed by atoms with van der Waals surface area (Å²) in [6.07, 6.45) is 3.63. The molecule has 0 radical (unpaired) electrons. The van der Waals surface area contributed by atoms with Gasteiger partial charge in [-0.15, -0.1) is 0 Å². The molecule has 1 aromatic carbocycles. The zero-order valence-corrected chi connectivity index (χ0v) is 9.05. The molecule has 0 saturated carbocycles. The van der Waals surface area contributed by atoms with E-state index >= 15 is 0 Å². The zero-order chi connectivity index (χ0) is 10.4. The van der Waals surface area contributed by atoms with Crippen molar-refractivity contribution in [2.24, 2.45) is 5.73 Å². The Kier molecular flexibility index (Phi) is 4.80. The summed E-state index contributed by atoms with van der Waals surface area (Å²) in [5.74, 6) is 0.512. The van der Waals surface area contributed by atoms with Crippen molar-refractivity contribution in [2.45, 2.75) is 0 Å². The average Bonchev–Trinajstić information content (AvgIpc) is 2.16. The van der Waals surface area contributed by atoms with Crippen molar-refractivity contribution in [3.8, 4) is 5.75 Å². The molecule has 1 aromatic rings. The van der Waals surface area contributed by atoms with Crippen LogP contribution in [0.15, 0.2) is 30.4 Å². The maximum Gasteiger partial charge on any atom is 0.156 e. The maximum absolute atomic E-state index is 5.88. The highest BCUT2D eigenvalue weighted by molar-refractivity contribution is 6.37. The summed E-state index contributed by atoms with van der Waals surface area (Å²) in [6, 6.07) is 5.23. The van der Waals surface area contributed by atoms with Crippen LogP contribution in [0, 0.1) is 0 Å². The molecule has 0 aliphatic heterocycles. The van der Waals surface area contributed by atoms with E-state index in [9.17, 15) is 0 Å². The Labute approximate surface area is 93.3 Å². The van der Waals surface area contributed by atoms with Crippen molar-refractivity contribution in [1.82, 2.24) is 0 Å². The lowest BCUT2D eigenvalue weighted by Gasteiger charge is -2.06. The van der Waals surface area contributed by atoms with E-state index in [1.165, 1.54) is 0 Å². The second-order valence-electron chi connectivity index (χ2n) is 2.57. The Balaban J connectivity index is 2.62. The van der Waals surface area contributed by atoms with Gasteiger partial charge in [-0.2, -0.15) is 0 Å². The van der Waals surface area contributed by atoms with Gasteiger partial charge in [-0.25, -0.2) is 0 Å². The minimum Gasteiger partial charge on any atom is -0.486 e. The van der Waals surface area contributed by atoms with Gasteiger partial charge in [-0.1, -0.05) is 41.4 Å². The summed E-state index contributed by atoms with van der Waals surface area (Å²) < 4.78 is 5.36. The fourth-order valence-electron chi connectivity index (χ4n) is 0.916. The van der Waals surface area contributed by atoms with E-state index in [1.807, 2.05) is 12.2 Å². The normalized spacial score (nSPS) is 10.8. The number of para-hydroxylation sites is 1. The molecular formula is C10H11Cl2NO. The van der Waals surface area contributed by atoms with Crippen LogP contribution in [0.5, 0.6) is 5.75 Å². The van der Waals surface area contributed by atoms with Gasteiger partial charge in [0.25, 0.3) is 0 Å². The fourth-order valence-corrected chi connectivity index (χ4v) is 1.42. The highest BCUT2D eigenvalue weighted by Crippen LogP contribution is 2.32. The van der Waals surface area contributed by atoms with Crippen LogP contribution >= 0.6 is 23.2 Å². The Hall–Kier alpha value is -0.700. The molecule has 0 aromatic heterocycles. The summed E-state index contributed by atoms with van der Waals surface area (Å²) >= 11 is 11.8. The lowest BCUT2D eigenvalue weighted by molar-refractivity contribution is 0.363. The Morgan fingerprint density at radius 1 is 1.21 bits per heavy atom. The van der Waals surface area contributed by atoms with Crippen molar-refractivity contribution in [3.63, 3.8) is 0 Å². The number of halogens is 2. The molecule has 4 heteroatoms. The zero-order valence-electron chi connectivity index (χ0n) is 7.54. The molecule has 0 aliphatic rings. The number of hydrogen-bond acceptors (Lipinski definition) is 2. The molecule has 0 saturated heterocycles. The van der Waals surface area contributed by atoms with Crippen molar-refractivity contribution in [3.05, 3.63) is 40.4 Å². The second-order valence-corrected chi connectivity index (χ2v) is 3.38. The molecule has 1 rings (SSSR count). The number of ether oxygens (including phenoxy) is 1. The second kappa shape index (κ2) is 5.91. The average molecular weight is 232 g/mol. The maximum atomic E-state index is 5.88. The Bertz CT molecular complexity index is 306. The van der Waals surface area contributed by atoms with Gasteiger partial charge in [0, 0.05) is 6.54 Å². The quantitative estimate of drug-likeness (QED) is 0.810. The monoisotopic (exact) mass is 231 g/mol. The SMILES string of the molecule is NCC=CCOc1c(Cl)cccc1Cl. The van der Waals surface area contributed by atoms with Gasteiger partial charge in [-0.05, 0) is 12.1 Å². The molecule has 0 bridgehead atoms. The first kappa shape index (κ1) is 11.4. The van der Waals surface area contributed by atoms with Gasteiger partial charge < -0.3 is 10.5 Å². The molecule has 0 fully saturated rings. The smallest absolute Gasteiger partial charge is 0.156 e. The summed E-state index contributed by atoms with van der Waals surface area (Å²) in [5.41, 5.74) is 5.27. The van der Waals surface area contributed by atoms with Crippen molar-refractivity contribution in [1.29, 1.82) is 0 Å². The van der Waals surface area contributed by atoms with E-state index in [2.05, 4.69) is 0 Å². The van der Waals surface area contributed by atoms with Gasteiger partial charge in [0.05, 0.1) is 10.0 Å². The van der Waals surface area contributed by atoms with Gasteiger partial charge in [0.15, 0.2) is 5.75 Å². The van der Waals surface area contributed by atoms with Gasteiger partial charge in [-0.3, -0.25) is 0 Å². The van der Waals surface area contributed by atoms with E-state index < -0.39 is 0 Å². The Morgan fingerprint density at radius 2 is 1.86 bits per heavy atom. The minimum absolute atomic E-state index is 0.417. The van der Waals surface area contributed by atoms with Crippen LogP contribution in [0.3, 0.4) is 0 Å². The topological polar surface area (TPSA) is 35.2 Å². The molecule has 0 atom stereocenters. The lowest BCUT2D eigenvalue weighted by atomic mass is 10.3. The van der Waals surface area contributed by atoms with E-state index in [0.29, 0.717) is 28.9 Å². The molecule has 14 heavy (non-hydrogen) atoms. The molecule has 76 valence electrons. The number of nitrogens with two attached hydrogens (primary N) is 1. The fraction of sp³-hybridized carbons (Fsp3) is 0.200. The first-order valence-electron chi connectivity index (χ1n) is 4.17. The summed E-state index contributed by atoms with van der Waals surface area (Å²) in [7, 11) is 0. The van der Waals surface area contributed by atoms with E-state index in [1.54, 1.807) is 18.2 Å². The molecular weight excluding hydrogens is 221 g/mol. The molecule has 0 heterocycles. The first-order chi connectivity index (χ1) is 6.75. The van der Waals surface area contributed by atoms with Crippen molar-refractivity contribution < 1.29 is 4.74 Å². The van der Waals surface area contributed by atoms with Crippen molar-refractivity contribution in [2.75, 3.05) is 13.2 Å². The predicted molar refractivity (Wildman–Crippen MR) is 60.2 cm³/mol. The van der Waals surface area contributed by atoms with E-state index in [0.717, 1.165) is 0 Å². The lowest BCUT2D eigenvalue weighted by Crippen LogP contribution is -1.97.